The topological polar surface area (TPSA) is 81.1 Å². The molecule has 0 aliphatic rings. The van der Waals surface area contributed by atoms with Crippen LogP contribution in [-0.4, -0.2) is 32.8 Å². The van der Waals surface area contributed by atoms with Crippen LogP contribution in [0.3, 0.4) is 0 Å². The highest BCUT2D eigenvalue weighted by Gasteiger charge is 2.09. The van der Waals surface area contributed by atoms with Gasteiger partial charge in [0.1, 0.15) is 6.33 Å². The molecule has 0 unspecified atom stereocenters. The van der Waals surface area contributed by atoms with Gasteiger partial charge < -0.3 is 11.1 Å². The van der Waals surface area contributed by atoms with Crippen molar-refractivity contribution in [1.82, 2.24) is 20.1 Å². The average molecular weight is 224 g/mol. The minimum atomic E-state index is -0.0587. The SMILES string of the molecule is Cn1cnc(CCN=C(N)NC(C)(C)C)n1. The molecule has 0 saturated carbocycles. The third-order valence-corrected chi connectivity index (χ3v) is 1.77. The van der Waals surface area contributed by atoms with E-state index in [9.17, 15) is 0 Å². The van der Waals surface area contributed by atoms with E-state index in [-0.39, 0.29) is 5.54 Å². The summed E-state index contributed by atoms with van der Waals surface area (Å²) in [5, 5.41) is 7.25. The zero-order valence-corrected chi connectivity index (χ0v) is 10.4. The molecule has 1 rings (SSSR count). The Balaban J connectivity index is 2.36. The molecule has 3 N–H and O–H groups in total. The first-order valence-corrected chi connectivity index (χ1v) is 5.29. The van der Waals surface area contributed by atoms with Crippen molar-refractivity contribution in [3.63, 3.8) is 0 Å². The Morgan fingerprint density at radius 3 is 2.75 bits per heavy atom. The highest BCUT2D eigenvalue weighted by Crippen LogP contribution is 1.97. The smallest absolute Gasteiger partial charge is 0.188 e. The molecular weight excluding hydrogens is 204 g/mol. The Bertz CT molecular complexity index is 360. The molecule has 0 atom stereocenters. The Kier molecular flexibility index (Phi) is 3.87. The molecule has 0 aliphatic heterocycles. The van der Waals surface area contributed by atoms with E-state index in [1.54, 1.807) is 11.0 Å². The second-order valence-corrected chi connectivity index (χ2v) is 4.73. The highest BCUT2D eigenvalue weighted by atomic mass is 15.3. The van der Waals surface area contributed by atoms with Crippen LogP contribution in [0.25, 0.3) is 0 Å². The number of nitrogens with one attached hydrogen (secondary N) is 1. The third kappa shape index (κ3) is 4.77. The van der Waals surface area contributed by atoms with Crippen molar-refractivity contribution in [3.05, 3.63) is 12.2 Å². The number of hydrogen-bond acceptors (Lipinski definition) is 3. The van der Waals surface area contributed by atoms with Gasteiger partial charge >= 0.3 is 0 Å². The van der Waals surface area contributed by atoms with E-state index in [4.69, 9.17) is 5.73 Å². The van der Waals surface area contributed by atoms with Crippen LogP contribution < -0.4 is 11.1 Å². The normalized spacial score (nSPS) is 12.9. The van der Waals surface area contributed by atoms with Crippen LogP contribution in [0, 0.1) is 0 Å². The van der Waals surface area contributed by atoms with Crippen LogP contribution in [0.1, 0.15) is 26.6 Å². The van der Waals surface area contributed by atoms with Gasteiger partial charge in [0, 0.05) is 25.6 Å². The van der Waals surface area contributed by atoms with Crippen LogP contribution in [0.4, 0.5) is 0 Å². The monoisotopic (exact) mass is 224 g/mol. The highest BCUT2D eigenvalue weighted by molar-refractivity contribution is 5.78. The molecule has 0 saturated heterocycles. The van der Waals surface area contributed by atoms with Crippen LogP contribution in [-0.2, 0) is 13.5 Å². The fraction of sp³-hybridized carbons (Fsp3) is 0.700. The predicted octanol–water partition coefficient (Wildman–Crippen LogP) is 0.0604. The van der Waals surface area contributed by atoms with Gasteiger partial charge in [0.15, 0.2) is 11.8 Å². The number of nitrogens with zero attached hydrogens (tertiary/aromatic N) is 4. The Labute approximate surface area is 96.0 Å². The minimum Gasteiger partial charge on any atom is -0.370 e. The first-order chi connectivity index (χ1) is 7.37. The molecule has 1 aromatic rings. The summed E-state index contributed by atoms with van der Waals surface area (Å²) in [5.41, 5.74) is 5.66. The van der Waals surface area contributed by atoms with E-state index in [0.29, 0.717) is 18.9 Å². The summed E-state index contributed by atoms with van der Waals surface area (Å²) in [5.74, 6) is 1.25. The molecule has 6 nitrogen and oxygen atoms in total. The molecule has 1 heterocycles. The van der Waals surface area contributed by atoms with Crippen molar-refractivity contribution >= 4 is 5.96 Å². The molecule has 0 aromatic carbocycles. The molecule has 0 spiro atoms. The minimum absolute atomic E-state index is 0.0587. The molecule has 1 aromatic heterocycles. The molecule has 0 aliphatic carbocycles. The number of hydrogen-bond donors (Lipinski definition) is 2. The van der Waals surface area contributed by atoms with E-state index < -0.39 is 0 Å². The van der Waals surface area contributed by atoms with Crippen LogP contribution in [0.5, 0.6) is 0 Å². The predicted molar refractivity (Wildman–Crippen MR) is 64.1 cm³/mol. The number of aliphatic imine (C=N–C) groups is 1. The van der Waals surface area contributed by atoms with Crippen molar-refractivity contribution in [3.8, 4) is 0 Å². The summed E-state index contributed by atoms with van der Waals surface area (Å²) in [4.78, 5) is 8.32. The maximum absolute atomic E-state index is 5.72. The van der Waals surface area contributed by atoms with Gasteiger partial charge in [-0.1, -0.05) is 0 Å². The quantitative estimate of drug-likeness (QED) is 0.562. The van der Waals surface area contributed by atoms with E-state index >= 15 is 0 Å². The van der Waals surface area contributed by atoms with E-state index in [1.165, 1.54) is 0 Å². The van der Waals surface area contributed by atoms with Crippen molar-refractivity contribution in [1.29, 1.82) is 0 Å². The van der Waals surface area contributed by atoms with Gasteiger partial charge in [0.05, 0.1) is 0 Å². The largest absolute Gasteiger partial charge is 0.370 e. The second kappa shape index (κ2) is 4.96. The van der Waals surface area contributed by atoms with E-state index in [1.807, 2.05) is 27.8 Å². The lowest BCUT2D eigenvalue weighted by atomic mass is 10.1. The molecule has 16 heavy (non-hydrogen) atoms. The van der Waals surface area contributed by atoms with Crippen molar-refractivity contribution in [2.45, 2.75) is 32.7 Å². The summed E-state index contributed by atoms with van der Waals surface area (Å²) in [6.45, 7) is 6.71. The number of guanidine groups is 1. The van der Waals surface area contributed by atoms with Crippen LogP contribution >= 0.6 is 0 Å². The van der Waals surface area contributed by atoms with Gasteiger partial charge in [-0.3, -0.25) is 9.67 Å². The van der Waals surface area contributed by atoms with E-state index in [0.717, 1.165) is 5.82 Å². The Hall–Kier alpha value is -1.59. The number of rotatable bonds is 3. The zero-order valence-electron chi connectivity index (χ0n) is 10.4. The second-order valence-electron chi connectivity index (χ2n) is 4.73. The molecule has 0 fully saturated rings. The molecule has 0 bridgehead atoms. The van der Waals surface area contributed by atoms with Crippen molar-refractivity contribution in [2.24, 2.45) is 17.8 Å². The standard InChI is InChI=1S/C10H20N6/c1-10(2,3)14-9(11)12-6-5-8-13-7-16(4)15-8/h7H,5-6H2,1-4H3,(H3,11,12,14). The fourth-order valence-electron chi connectivity index (χ4n) is 1.20. The summed E-state index contributed by atoms with van der Waals surface area (Å²) < 4.78 is 1.68. The Morgan fingerprint density at radius 1 is 1.56 bits per heavy atom. The van der Waals surface area contributed by atoms with Gasteiger partial charge in [-0.15, -0.1) is 0 Å². The third-order valence-electron chi connectivity index (χ3n) is 1.77. The lowest BCUT2D eigenvalue weighted by molar-refractivity contribution is 0.508. The lowest BCUT2D eigenvalue weighted by Crippen LogP contribution is -2.45. The van der Waals surface area contributed by atoms with Gasteiger partial charge in [0.2, 0.25) is 0 Å². The summed E-state index contributed by atoms with van der Waals surface area (Å²) in [6, 6.07) is 0. The molecule has 6 heteroatoms. The van der Waals surface area contributed by atoms with Gasteiger partial charge in [-0.2, -0.15) is 5.10 Å². The number of nitrogens with two attached hydrogens (primary N) is 1. The Morgan fingerprint density at radius 2 is 2.25 bits per heavy atom. The first kappa shape index (κ1) is 12.5. The maximum atomic E-state index is 5.72. The zero-order chi connectivity index (χ0) is 12.2. The molecule has 0 radical (unpaired) electrons. The van der Waals surface area contributed by atoms with Crippen molar-refractivity contribution in [2.75, 3.05) is 6.54 Å². The first-order valence-electron chi connectivity index (χ1n) is 5.29. The lowest BCUT2D eigenvalue weighted by Gasteiger charge is -2.20. The maximum Gasteiger partial charge on any atom is 0.188 e. The number of aromatic nitrogens is 3. The van der Waals surface area contributed by atoms with Gasteiger partial charge in [-0.25, -0.2) is 4.98 Å². The van der Waals surface area contributed by atoms with Gasteiger partial charge in [0.25, 0.3) is 0 Å². The van der Waals surface area contributed by atoms with Gasteiger partial charge in [-0.05, 0) is 20.8 Å². The van der Waals surface area contributed by atoms with E-state index in [2.05, 4.69) is 20.4 Å². The molecule has 90 valence electrons. The fourth-order valence-corrected chi connectivity index (χ4v) is 1.20. The van der Waals surface area contributed by atoms with Crippen LogP contribution in [0.15, 0.2) is 11.3 Å². The molecule has 0 amide bonds. The summed E-state index contributed by atoms with van der Waals surface area (Å²) in [7, 11) is 1.84. The summed E-state index contributed by atoms with van der Waals surface area (Å²) in [6.07, 6.45) is 2.38. The average Bonchev–Trinajstić information content (AvgIpc) is 2.48. The molecular formula is C10H20N6. The number of aryl methyl sites for hydroxylation is 1. The summed E-state index contributed by atoms with van der Waals surface area (Å²) >= 11 is 0. The van der Waals surface area contributed by atoms with Crippen molar-refractivity contribution < 1.29 is 0 Å². The van der Waals surface area contributed by atoms with Crippen LogP contribution in [0.2, 0.25) is 0 Å².